The van der Waals surface area contributed by atoms with E-state index < -0.39 is 0 Å². The van der Waals surface area contributed by atoms with Gasteiger partial charge in [0, 0.05) is 23.1 Å². The van der Waals surface area contributed by atoms with E-state index in [2.05, 4.69) is 0 Å². The predicted molar refractivity (Wildman–Crippen MR) is 68.1 cm³/mol. The SMILES string of the molecule is Cc1cc(OCCSCCN)ccc1Cl. The first kappa shape index (κ1) is 12.7. The number of ether oxygens (including phenoxy) is 1. The fraction of sp³-hybridized carbons (Fsp3) is 0.455. The summed E-state index contributed by atoms with van der Waals surface area (Å²) in [6.45, 7) is 3.41. The predicted octanol–water partition coefficient (Wildman–Crippen LogP) is 2.72. The molecule has 1 aromatic rings. The number of benzene rings is 1. The molecule has 2 nitrogen and oxygen atoms in total. The van der Waals surface area contributed by atoms with Crippen molar-refractivity contribution < 1.29 is 4.74 Å². The summed E-state index contributed by atoms with van der Waals surface area (Å²) >= 11 is 7.71. The summed E-state index contributed by atoms with van der Waals surface area (Å²) < 4.78 is 5.57. The van der Waals surface area contributed by atoms with Gasteiger partial charge in [-0.15, -0.1) is 0 Å². The quantitative estimate of drug-likeness (QED) is 0.783. The van der Waals surface area contributed by atoms with Gasteiger partial charge in [-0.3, -0.25) is 0 Å². The van der Waals surface area contributed by atoms with E-state index >= 15 is 0 Å². The standard InChI is InChI=1S/C11H16ClNOS/c1-9-8-10(2-3-11(9)12)14-5-7-15-6-4-13/h2-3,8H,4-7,13H2,1H3. The third kappa shape index (κ3) is 4.78. The van der Waals surface area contributed by atoms with Gasteiger partial charge in [0.15, 0.2) is 0 Å². The van der Waals surface area contributed by atoms with E-state index in [9.17, 15) is 0 Å². The van der Waals surface area contributed by atoms with Crippen LogP contribution in [0.2, 0.25) is 5.02 Å². The molecule has 0 heterocycles. The molecule has 0 fully saturated rings. The van der Waals surface area contributed by atoms with E-state index in [0.717, 1.165) is 34.4 Å². The van der Waals surface area contributed by atoms with Crippen LogP contribution < -0.4 is 10.5 Å². The average molecular weight is 246 g/mol. The summed E-state index contributed by atoms with van der Waals surface area (Å²) in [6, 6.07) is 5.71. The minimum atomic E-state index is 0.714. The van der Waals surface area contributed by atoms with Crippen molar-refractivity contribution in [1.82, 2.24) is 0 Å². The number of hydrogen-bond acceptors (Lipinski definition) is 3. The Morgan fingerprint density at radius 1 is 1.40 bits per heavy atom. The lowest BCUT2D eigenvalue weighted by Crippen LogP contribution is -2.05. The summed E-state index contributed by atoms with van der Waals surface area (Å²) in [4.78, 5) is 0. The average Bonchev–Trinajstić information content (AvgIpc) is 2.23. The van der Waals surface area contributed by atoms with Crippen LogP contribution in [0.4, 0.5) is 0 Å². The highest BCUT2D eigenvalue weighted by Gasteiger charge is 1.98. The highest BCUT2D eigenvalue weighted by Crippen LogP contribution is 2.21. The molecule has 0 aliphatic rings. The molecule has 0 spiro atoms. The second-order valence-electron chi connectivity index (χ2n) is 3.16. The molecule has 15 heavy (non-hydrogen) atoms. The van der Waals surface area contributed by atoms with Crippen molar-refractivity contribution in [2.75, 3.05) is 24.7 Å². The zero-order valence-electron chi connectivity index (χ0n) is 8.83. The third-order valence-electron chi connectivity index (χ3n) is 1.89. The first-order valence-corrected chi connectivity index (χ1v) is 6.44. The molecular formula is C11H16ClNOS. The summed E-state index contributed by atoms with van der Waals surface area (Å²) in [5.74, 6) is 2.84. The number of hydrogen-bond donors (Lipinski definition) is 1. The maximum atomic E-state index is 5.91. The van der Waals surface area contributed by atoms with Crippen LogP contribution in [0.25, 0.3) is 0 Å². The van der Waals surface area contributed by atoms with Gasteiger partial charge in [0.2, 0.25) is 0 Å². The van der Waals surface area contributed by atoms with Gasteiger partial charge >= 0.3 is 0 Å². The molecule has 0 amide bonds. The second kappa shape index (κ2) is 6.99. The van der Waals surface area contributed by atoms with Crippen LogP contribution in [0.1, 0.15) is 5.56 Å². The van der Waals surface area contributed by atoms with Gasteiger partial charge in [0.05, 0.1) is 6.61 Å². The number of nitrogens with two attached hydrogens (primary N) is 1. The zero-order chi connectivity index (χ0) is 11.1. The van der Waals surface area contributed by atoms with E-state index in [0.29, 0.717) is 6.61 Å². The van der Waals surface area contributed by atoms with Crippen LogP contribution in [0.5, 0.6) is 5.75 Å². The van der Waals surface area contributed by atoms with Gasteiger partial charge in [-0.05, 0) is 30.7 Å². The molecule has 4 heteroatoms. The molecule has 1 rings (SSSR count). The Bertz CT molecular complexity index is 307. The maximum Gasteiger partial charge on any atom is 0.119 e. The Morgan fingerprint density at radius 3 is 2.87 bits per heavy atom. The monoisotopic (exact) mass is 245 g/mol. The molecule has 0 aliphatic carbocycles. The minimum absolute atomic E-state index is 0.714. The highest BCUT2D eigenvalue weighted by atomic mass is 35.5. The van der Waals surface area contributed by atoms with Crippen LogP contribution in [-0.4, -0.2) is 24.7 Å². The molecule has 0 atom stereocenters. The van der Waals surface area contributed by atoms with Crippen molar-refractivity contribution in [3.63, 3.8) is 0 Å². The van der Waals surface area contributed by atoms with E-state index in [1.54, 1.807) is 11.8 Å². The van der Waals surface area contributed by atoms with Crippen molar-refractivity contribution in [3.05, 3.63) is 28.8 Å². The Hall–Kier alpha value is -0.380. The van der Waals surface area contributed by atoms with Gasteiger partial charge in [-0.1, -0.05) is 11.6 Å². The number of aryl methyl sites for hydroxylation is 1. The molecule has 0 saturated carbocycles. The Kier molecular flexibility index (Phi) is 5.91. The van der Waals surface area contributed by atoms with Crippen LogP contribution in [0.15, 0.2) is 18.2 Å². The molecule has 1 aromatic carbocycles. The third-order valence-corrected chi connectivity index (χ3v) is 3.29. The molecule has 0 aliphatic heterocycles. The lowest BCUT2D eigenvalue weighted by atomic mass is 10.2. The van der Waals surface area contributed by atoms with Crippen LogP contribution in [0.3, 0.4) is 0 Å². The molecule has 0 bridgehead atoms. The van der Waals surface area contributed by atoms with Crippen molar-refractivity contribution in [2.45, 2.75) is 6.92 Å². The molecule has 0 aromatic heterocycles. The Labute approximate surface area is 100 Å². The van der Waals surface area contributed by atoms with E-state index in [4.69, 9.17) is 22.1 Å². The lowest BCUT2D eigenvalue weighted by Gasteiger charge is -2.07. The lowest BCUT2D eigenvalue weighted by molar-refractivity contribution is 0.344. The van der Waals surface area contributed by atoms with Crippen molar-refractivity contribution in [3.8, 4) is 5.75 Å². The highest BCUT2D eigenvalue weighted by molar-refractivity contribution is 7.99. The van der Waals surface area contributed by atoms with Gasteiger partial charge in [-0.2, -0.15) is 11.8 Å². The summed E-state index contributed by atoms with van der Waals surface area (Å²) in [5, 5.41) is 0.778. The van der Waals surface area contributed by atoms with Crippen molar-refractivity contribution >= 4 is 23.4 Å². The molecule has 0 radical (unpaired) electrons. The van der Waals surface area contributed by atoms with Crippen molar-refractivity contribution in [2.24, 2.45) is 5.73 Å². The summed E-state index contributed by atoms with van der Waals surface area (Å²) in [7, 11) is 0. The Morgan fingerprint density at radius 2 is 2.20 bits per heavy atom. The number of rotatable bonds is 6. The number of halogens is 1. The van der Waals surface area contributed by atoms with Gasteiger partial charge in [0.1, 0.15) is 5.75 Å². The smallest absolute Gasteiger partial charge is 0.119 e. The van der Waals surface area contributed by atoms with Crippen molar-refractivity contribution in [1.29, 1.82) is 0 Å². The maximum absolute atomic E-state index is 5.91. The number of thioether (sulfide) groups is 1. The first-order chi connectivity index (χ1) is 7.24. The topological polar surface area (TPSA) is 35.2 Å². The van der Waals surface area contributed by atoms with E-state index in [1.807, 2.05) is 25.1 Å². The molecular weight excluding hydrogens is 230 g/mol. The molecule has 84 valence electrons. The normalized spacial score (nSPS) is 10.3. The van der Waals surface area contributed by atoms with Gasteiger partial charge in [0.25, 0.3) is 0 Å². The summed E-state index contributed by atoms with van der Waals surface area (Å²) in [5.41, 5.74) is 6.43. The minimum Gasteiger partial charge on any atom is -0.493 e. The van der Waals surface area contributed by atoms with Crippen LogP contribution in [0, 0.1) is 6.92 Å². The largest absolute Gasteiger partial charge is 0.493 e. The van der Waals surface area contributed by atoms with E-state index in [-0.39, 0.29) is 0 Å². The van der Waals surface area contributed by atoms with Crippen LogP contribution >= 0.6 is 23.4 Å². The first-order valence-electron chi connectivity index (χ1n) is 4.91. The summed E-state index contributed by atoms with van der Waals surface area (Å²) in [6.07, 6.45) is 0. The van der Waals surface area contributed by atoms with Gasteiger partial charge in [-0.25, -0.2) is 0 Å². The Balaban J connectivity index is 2.28. The van der Waals surface area contributed by atoms with E-state index in [1.165, 1.54) is 0 Å². The molecule has 2 N–H and O–H groups in total. The fourth-order valence-electron chi connectivity index (χ4n) is 1.11. The fourth-order valence-corrected chi connectivity index (χ4v) is 1.80. The van der Waals surface area contributed by atoms with Gasteiger partial charge < -0.3 is 10.5 Å². The molecule has 0 unspecified atom stereocenters. The molecule has 0 saturated heterocycles. The van der Waals surface area contributed by atoms with Crippen LogP contribution in [-0.2, 0) is 0 Å². The second-order valence-corrected chi connectivity index (χ2v) is 4.79. The zero-order valence-corrected chi connectivity index (χ0v) is 10.4.